The van der Waals surface area contributed by atoms with Gasteiger partial charge in [-0.3, -0.25) is 19.4 Å². The molecule has 0 saturated carbocycles. The van der Waals surface area contributed by atoms with Crippen molar-refractivity contribution in [1.82, 2.24) is 19.7 Å². The van der Waals surface area contributed by atoms with Gasteiger partial charge < -0.3 is 5.11 Å². The third kappa shape index (κ3) is 7.87. The second kappa shape index (κ2) is 11.1. The zero-order chi connectivity index (χ0) is 22.4. The molecule has 0 bridgehead atoms. The van der Waals surface area contributed by atoms with Crippen LogP contribution in [0.1, 0.15) is 41.5 Å². The van der Waals surface area contributed by atoms with Gasteiger partial charge in [0.05, 0.1) is 11.5 Å². The monoisotopic (exact) mass is 600 g/mol. The maximum absolute atomic E-state index is 11.5. The fourth-order valence-corrected chi connectivity index (χ4v) is 2.17. The Balaban J connectivity index is 0.000000314. The van der Waals surface area contributed by atoms with Gasteiger partial charge in [-0.1, -0.05) is 59.7 Å². The number of allylic oxidation sites excluding steroid dienone is 2. The number of carbonyl (C=O) groups excluding carboxylic acids is 1. The van der Waals surface area contributed by atoms with Crippen molar-refractivity contribution in [2.45, 2.75) is 41.5 Å². The van der Waals surface area contributed by atoms with E-state index in [2.05, 4.69) is 21.1 Å². The number of carbonyl (C=O) groups is 1. The molecule has 2 aromatic heterocycles. The van der Waals surface area contributed by atoms with Gasteiger partial charge in [-0.25, -0.2) is 0 Å². The van der Waals surface area contributed by atoms with E-state index in [-0.39, 0.29) is 38.0 Å². The zero-order valence-electron chi connectivity index (χ0n) is 18.7. The molecule has 0 radical (unpaired) electrons. The number of rotatable bonds is 3. The molecular weight excluding hydrogens is 571 g/mol. The van der Waals surface area contributed by atoms with Crippen LogP contribution in [0.2, 0.25) is 0 Å². The van der Waals surface area contributed by atoms with Crippen molar-refractivity contribution in [3.05, 3.63) is 72.9 Å². The molecule has 0 unspecified atom stereocenters. The van der Waals surface area contributed by atoms with Crippen LogP contribution in [0.5, 0.6) is 0 Å². The number of pyridine rings is 1. The predicted octanol–water partition coefficient (Wildman–Crippen LogP) is 5.22. The topological polar surface area (TPSA) is 80.9 Å². The molecule has 1 N–H and O–H groups in total. The standard InChI is InChI=1S/C13H9N4.C11H20O2.Pt/c1-2-6-11(7-3-1)17-13(15-10-16-17)12-8-4-5-9-14-12;1-10(2,3)8(12)7-9(13)11(4,5)6;/h1-7,9-10H;7,12H,1-6H3;/q-1;;/b;8-7-;. The van der Waals surface area contributed by atoms with Crippen molar-refractivity contribution in [2.24, 2.45) is 10.8 Å². The third-order valence-corrected chi connectivity index (χ3v) is 4.14. The smallest absolute Gasteiger partial charge is 0.164 e. The minimum Gasteiger partial charge on any atom is -0.512 e. The number of nitrogens with zero attached hydrogens (tertiary/aromatic N) is 4. The van der Waals surface area contributed by atoms with Crippen LogP contribution < -0.4 is 0 Å². The fraction of sp³-hybridized carbons (Fsp3) is 0.333. The van der Waals surface area contributed by atoms with Crippen LogP contribution in [0, 0.1) is 16.9 Å². The zero-order valence-corrected chi connectivity index (χ0v) is 21.0. The Morgan fingerprint density at radius 1 is 1.00 bits per heavy atom. The molecule has 0 aliphatic carbocycles. The van der Waals surface area contributed by atoms with E-state index < -0.39 is 5.41 Å². The number of hydrogen-bond acceptors (Lipinski definition) is 5. The first kappa shape index (κ1) is 26.4. The molecule has 2 heterocycles. The normalized spacial score (nSPS) is 11.7. The molecule has 3 rings (SSSR count). The Morgan fingerprint density at radius 3 is 2.16 bits per heavy atom. The fourth-order valence-electron chi connectivity index (χ4n) is 2.17. The summed E-state index contributed by atoms with van der Waals surface area (Å²) < 4.78 is 1.75. The molecule has 0 aliphatic heterocycles. The minimum atomic E-state index is -0.417. The molecule has 0 saturated heterocycles. The molecule has 1 aromatic carbocycles. The molecule has 0 amide bonds. The van der Waals surface area contributed by atoms with Gasteiger partial charge in [0, 0.05) is 38.0 Å². The van der Waals surface area contributed by atoms with Crippen LogP contribution >= 0.6 is 0 Å². The Labute approximate surface area is 198 Å². The number of ketones is 1. The predicted molar refractivity (Wildman–Crippen MR) is 118 cm³/mol. The van der Waals surface area contributed by atoms with E-state index >= 15 is 0 Å². The summed E-state index contributed by atoms with van der Waals surface area (Å²) in [6.07, 6.45) is 4.57. The largest absolute Gasteiger partial charge is 0.512 e. The molecule has 0 spiro atoms. The van der Waals surface area contributed by atoms with Crippen LogP contribution in [-0.4, -0.2) is 30.6 Å². The average molecular weight is 601 g/mol. The number of para-hydroxylation sites is 1. The van der Waals surface area contributed by atoms with Gasteiger partial charge in [0.25, 0.3) is 0 Å². The molecular formula is C24H29N4O2Pt-. The van der Waals surface area contributed by atoms with Crippen LogP contribution in [0.25, 0.3) is 17.2 Å². The van der Waals surface area contributed by atoms with Gasteiger partial charge in [0.15, 0.2) is 5.78 Å². The van der Waals surface area contributed by atoms with Crippen molar-refractivity contribution in [2.75, 3.05) is 0 Å². The molecule has 0 fully saturated rings. The van der Waals surface area contributed by atoms with Crippen molar-refractivity contribution in [3.63, 3.8) is 0 Å². The third-order valence-electron chi connectivity index (χ3n) is 4.14. The van der Waals surface area contributed by atoms with Gasteiger partial charge in [0.1, 0.15) is 12.1 Å². The summed E-state index contributed by atoms with van der Waals surface area (Å²) in [6, 6.07) is 16.5. The van der Waals surface area contributed by atoms with E-state index in [1.165, 1.54) is 12.4 Å². The van der Waals surface area contributed by atoms with Gasteiger partial charge >= 0.3 is 0 Å². The van der Waals surface area contributed by atoms with Gasteiger partial charge in [-0.05, 0) is 24.0 Å². The van der Waals surface area contributed by atoms with Crippen molar-refractivity contribution >= 4 is 5.78 Å². The number of benzene rings is 1. The number of aliphatic hydroxyl groups excluding tert-OH is 1. The second-order valence-corrected chi connectivity index (χ2v) is 8.86. The number of aliphatic hydroxyl groups is 1. The Bertz CT molecular complexity index is 932. The first-order chi connectivity index (χ1) is 14.0. The maximum Gasteiger partial charge on any atom is 0.164 e. The van der Waals surface area contributed by atoms with E-state index in [0.29, 0.717) is 11.5 Å². The summed E-state index contributed by atoms with van der Waals surface area (Å²) in [6.45, 7) is 11.1. The van der Waals surface area contributed by atoms with Gasteiger partial charge in [-0.15, -0.1) is 6.07 Å². The molecule has 31 heavy (non-hydrogen) atoms. The molecule has 3 aromatic rings. The summed E-state index contributed by atoms with van der Waals surface area (Å²) in [5, 5.41) is 13.8. The maximum atomic E-state index is 11.5. The van der Waals surface area contributed by atoms with E-state index in [0.717, 1.165) is 5.69 Å². The van der Waals surface area contributed by atoms with Crippen LogP contribution in [-0.2, 0) is 25.9 Å². The summed E-state index contributed by atoms with van der Waals surface area (Å²) in [7, 11) is 0. The quantitative estimate of drug-likeness (QED) is 0.254. The second-order valence-electron chi connectivity index (χ2n) is 8.86. The first-order valence-electron chi connectivity index (χ1n) is 9.74. The molecule has 0 atom stereocenters. The van der Waals surface area contributed by atoms with E-state index in [1.807, 2.05) is 84.0 Å². The van der Waals surface area contributed by atoms with Crippen LogP contribution in [0.15, 0.2) is 66.8 Å². The van der Waals surface area contributed by atoms with Crippen molar-refractivity contribution < 1.29 is 31.0 Å². The van der Waals surface area contributed by atoms with E-state index in [4.69, 9.17) is 0 Å². The van der Waals surface area contributed by atoms with Gasteiger partial charge in [0.2, 0.25) is 0 Å². The Morgan fingerprint density at radius 2 is 1.65 bits per heavy atom. The SMILES string of the molecule is CC(C)(C)C(=O)/C=C(\O)C(C)(C)C.[Pt].[c-]1cccnc1-c1ncnn1-c1ccccc1. The summed E-state index contributed by atoms with van der Waals surface area (Å²) in [5.74, 6) is 0.796. The molecule has 0 aliphatic rings. The molecule has 168 valence electrons. The summed E-state index contributed by atoms with van der Waals surface area (Å²) in [4.78, 5) is 19.9. The van der Waals surface area contributed by atoms with Crippen molar-refractivity contribution in [3.8, 4) is 17.2 Å². The van der Waals surface area contributed by atoms with E-state index in [9.17, 15) is 9.90 Å². The van der Waals surface area contributed by atoms with Crippen LogP contribution in [0.3, 0.4) is 0 Å². The minimum absolute atomic E-state index is 0. The Kier molecular flexibility index (Phi) is 9.51. The summed E-state index contributed by atoms with van der Waals surface area (Å²) >= 11 is 0. The summed E-state index contributed by atoms with van der Waals surface area (Å²) in [5.41, 5.74) is 0.882. The molecule has 6 nitrogen and oxygen atoms in total. The van der Waals surface area contributed by atoms with E-state index in [1.54, 1.807) is 10.9 Å². The number of aromatic nitrogens is 4. The Hall–Kier alpha value is -2.59. The van der Waals surface area contributed by atoms with Gasteiger partial charge in [-0.2, -0.15) is 17.2 Å². The first-order valence-corrected chi connectivity index (χ1v) is 9.74. The number of hydrogen-bond donors (Lipinski definition) is 1. The molecule has 7 heteroatoms. The average Bonchev–Trinajstić information content (AvgIpc) is 3.18. The van der Waals surface area contributed by atoms with Crippen LogP contribution in [0.4, 0.5) is 0 Å². The van der Waals surface area contributed by atoms with Crippen molar-refractivity contribution in [1.29, 1.82) is 0 Å².